The molecule has 0 fully saturated rings. The van der Waals surface area contributed by atoms with Gasteiger partial charge in [-0.1, -0.05) is 115 Å². The third kappa shape index (κ3) is 7.64. The van der Waals surface area contributed by atoms with Crippen molar-refractivity contribution in [2.45, 2.75) is 49.2 Å². The van der Waals surface area contributed by atoms with Crippen molar-refractivity contribution < 1.29 is 24.2 Å². The van der Waals surface area contributed by atoms with E-state index in [1.165, 1.54) is 39.6 Å². The third-order valence-electron chi connectivity index (χ3n) is 7.29. The van der Waals surface area contributed by atoms with Crippen LogP contribution in [0.5, 0.6) is 11.5 Å². The van der Waals surface area contributed by atoms with Gasteiger partial charge in [0.25, 0.3) is 5.91 Å². The summed E-state index contributed by atoms with van der Waals surface area (Å²) in [7, 11) is 1.54. The van der Waals surface area contributed by atoms with E-state index in [9.17, 15) is 14.7 Å². The number of aromatic nitrogens is 2. The predicted octanol–water partition coefficient (Wildman–Crippen LogP) is 7.90. The molecule has 1 atom stereocenters. The molecule has 0 saturated heterocycles. The number of hydrogen-bond donors (Lipinski definition) is 1. The summed E-state index contributed by atoms with van der Waals surface area (Å²) in [6.07, 6.45) is 6.07. The Morgan fingerprint density at radius 1 is 1.04 bits per heavy atom. The average Bonchev–Trinajstić information content (AvgIpc) is 3.63. The summed E-state index contributed by atoms with van der Waals surface area (Å²) in [6, 6.07) is 21.9. The van der Waals surface area contributed by atoms with E-state index in [0.29, 0.717) is 33.8 Å². The van der Waals surface area contributed by atoms with Crippen LogP contribution in [0, 0.1) is 6.92 Å². The third-order valence-corrected chi connectivity index (χ3v) is 9.42. The fourth-order valence-electron chi connectivity index (χ4n) is 4.89. The smallest absolute Gasteiger partial charge is 0.296 e. The summed E-state index contributed by atoms with van der Waals surface area (Å²) in [6.45, 7) is 4.71. The Kier molecular flexibility index (Phi) is 10.7. The molecule has 232 valence electrons. The van der Waals surface area contributed by atoms with E-state index in [-0.39, 0.29) is 10.7 Å². The summed E-state index contributed by atoms with van der Waals surface area (Å²) in [5.74, 6) is -0.132. The number of nitrogens with zero attached hydrogens (tertiary/aromatic N) is 3. The highest BCUT2D eigenvalue weighted by molar-refractivity contribution is 8.00. The van der Waals surface area contributed by atoms with Crippen LogP contribution in [0.2, 0.25) is 0 Å². The fourth-order valence-corrected chi connectivity index (χ4v) is 6.71. The first-order chi connectivity index (χ1) is 21.9. The van der Waals surface area contributed by atoms with Crippen molar-refractivity contribution in [1.82, 2.24) is 10.2 Å². The summed E-state index contributed by atoms with van der Waals surface area (Å²) < 4.78 is 12.3. The van der Waals surface area contributed by atoms with Crippen LogP contribution in [0.25, 0.3) is 6.08 Å². The van der Waals surface area contributed by atoms with Crippen LogP contribution < -0.4 is 14.4 Å². The van der Waals surface area contributed by atoms with Crippen LogP contribution in [-0.2, 0) is 15.3 Å². The van der Waals surface area contributed by atoms with Gasteiger partial charge in [0.2, 0.25) is 5.13 Å². The largest absolute Gasteiger partial charge is 0.503 e. The Labute approximate surface area is 271 Å². The van der Waals surface area contributed by atoms with Crippen molar-refractivity contribution in [2.75, 3.05) is 18.6 Å². The molecule has 8 nitrogen and oxygen atoms in total. The maximum Gasteiger partial charge on any atom is 0.296 e. The number of ether oxygens (including phenoxy) is 2. The van der Waals surface area contributed by atoms with Crippen LogP contribution in [0.4, 0.5) is 5.13 Å². The number of aryl methyl sites for hydroxylation is 1. The number of carbonyl (C=O) groups is 2. The van der Waals surface area contributed by atoms with Gasteiger partial charge in [-0.15, -0.1) is 10.2 Å². The highest BCUT2D eigenvalue weighted by Gasteiger charge is 2.45. The monoisotopic (exact) mass is 641 g/mol. The number of ketones is 1. The van der Waals surface area contributed by atoms with Crippen LogP contribution in [0.15, 0.2) is 94.5 Å². The number of rotatable bonds is 14. The van der Waals surface area contributed by atoms with Crippen molar-refractivity contribution in [3.63, 3.8) is 0 Å². The first-order valence-corrected chi connectivity index (χ1v) is 16.6. The van der Waals surface area contributed by atoms with Gasteiger partial charge in [0.15, 0.2) is 27.4 Å². The Morgan fingerprint density at radius 3 is 2.56 bits per heavy atom. The van der Waals surface area contributed by atoms with Gasteiger partial charge in [-0.3, -0.25) is 14.5 Å². The molecule has 0 saturated carbocycles. The van der Waals surface area contributed by atoms with Gasteiger partial charge in [-0.05, 0) is 48.2 Å². The van der Waals surface area contributed by atoms with Gasteiger partial charge in [0, 0.05) is 5.75 Å². The summed E-state index contributed by atoms with van der Waals surface area (Å²) in [5.41, 5.74) is 3.65. The molecule has 2 heterocycles. The van der Waals surface area contributed by atoms with Crippen LogP contribution in [0.3, 0.4) is 0 Å². The van der Waals surface area contributed by atoms with E-state index in [2.05, 4.69) is 41.4 Å². The fraction of sp³-hybridized carbons (Fsp3) is 0.257. The second kappa shape index (κ2) is 15.0. The molecule has 0 radical (unpaired) electrons. The second-order valence-electron chi connectivity index (χ2n) is 10.5. The number of aliphatic hydroxyl groups is 1. The van der Waals surface area contributed by atoms with Crippen molar-refractivity contribution in [1.29, 1.82) is 0 Å². The number of methoxy groups -OCH3 is 1. The summed E-state index contributed by atoms with van der Waals surface area (Å²) in [4.78, 5) is 28.6. The molecule has 4 aromatic rings. The lowest BCUT2D eigenvalue weighted by Gasteiger charge is -2.24. The lowest BCUT2D eigenvalue weighted by molar-refractivity contribution is -0.117. The minimum atomic E-state index is -0.962. The topological polar surface area (TPSA) is 102 Å². The van der Waals surface area contributed by atoms with Gasteiger partial charge < -0.3 is 14.6 Å². The maximum atomic E-state index is 13.7. The van der Waals surface area contributed by atoms with E-state index in [1.807, 2.05) is 37.3 Å². The summed E-state index contributed by atoms with van der Waals surface area (Å²) in [5, 5.41) is 20.1. The van der Waals surface area contributed by atoms with E-state index in [1.54, 1.807) is 31.4 Å². The molecule has 0 spiro atoms. The number of amides is 1. The van der Waals surface area contributed by atoms with Gasteiger partial charge in [0.05, 0.1) is 25.3 Å². The standard InChI is InChI=1S/C35H35N3O5S2/c1-4-5-9-20-43-28-19-17-26(21-29(28)42-3)31-30(27(39)18-16-24-10-7-6-8-11-24)32(40)33(41)38(31)34-36-37-35(45-34)44-22-25-14-12-23(2)13-15-25/h6-8,10-19,21,31,40H,4-5,9,20,22H2,1-3H3/b18-16+. The Balaban J connectivity index is 1.47. The van der Waals surface area contributed by atoms with Crippen molar-refractivity contribution in [2.24, 2.45) is 0 Å². The molecule has 0 aliphatic carbocycles. The molecule has 1 unspecified atom stereocenters. The first-order valence-electron chi connectivity index (χ1n) is 14.8. The molecule has 1 aliphatic heterocycles. The zero-order chi connectivity index (χ0) is 31.8. The minimum absolute atomic E-state index is 0.0464. The molecule has 0 bridgehead atoms. The second-order valence-corrected chi connectivity index (χ2v) is 12.7. The number of carbonyl (C=O) groups excluding carboxylic acids is 2. The lowest BCUT2D eigenvalue weighted by atomic mass is 9.95. The minimum Gasteiger partial charge on any atom is -0.503 e. The zero-order valence-electron chi connectivity index (χ0n) is 25.4. The summed E-state index contributed by atoms with van der Waals surface area (Å²) >= 11 is 2.74. The average molecular weight is 642 g/mol. The van der Waals surface area contributed by atoms with E-state index >= 15 is 0 Å². The normalized spacial score (nSPS) is 14.9. The highest BCUT2D eigenvalue weighted by atomic mass is 32.2. The number of allylic oxidation sites excluding steroid dienone is 1. The van der Waals surface area contributed by atoms with Crippen LogP contribution >= 0.6 is 23.1 Å². The maximum absolute atomic E-state index is 13.7. The lowest BCUT2D eigenvalue weighted by Crippen LogP contribution is -2.30. The highest BCUT2D eigenvalue weighted by Crippen LogP contribution is 2.45. The predicted molar refractivity (Wildman–Crippen MR) is 179 cm³/mol. The van der Waals surface area contributed by atoms with Gasteiger partial charge in [-0.25, -0.2) is 0 Å². The molecule has 1 aromatic heterocycles. The van der Waals surface area contributed by atoms with Crippen molar-refractivity contribution >= 4 is 46.0 Å². The molecule has 45 heavy (non-hydrogen) atoms. The van der Waals surface area contributed by atoms with E-state index < -0.39 is 23.5 Å². The molecule has 1 amide bonds. The molecular formula is C35H35N3O5S2. The number of thioether (sulfide) groups is 1. The molecular weight excluding hydrogens is 607 g/mol. The van der Waals surface area contributed by atoms with Gasteiger partial charge in [-0.2, -0.15) is 0 Å². The van der Waals surface area contributed by atoms with Crippen molar-refractivity contribution in [3.05, 3.63) is 112 Å². The number of unbranched alkanes of at least 4 members (excludes halogenated alkanes) is 2. The van der Waals surface area contributed by atoms with Gasteiger partial charge in [0.1, 0.15) is 0 Å². The number of benzene rings is 3. The number of hydrogen-bond acceptors (Lipinski definition) is 9. The van der Waals surface area contributed by atoms with E-state index in [0.717, 1.165) is 30.4 Å². The molecule has 1 N–H and O–H groups in total. The van der Waals surface area contributed by atoms with Crippen molar-refractivity contribution in [3.8, 4) is 11.5 Å². The molecule has 10 heteroatoms. The molecule has 1 aliphatic rings. The quantitative estimate of drug-likeness (QED) is 0.0642. The van der Waals surface area contributed by atoms with E-state index in [4.69, 9.17) is 9.47 Å². The molecule has 5 rings (SSSR count). The Bertz CT molecular complexity index is 1700. The number of aliphatic hydroxyl groups excluding tert-OH is 1. The van der Waals surface area contributed by atoms with Crippen LogP contribution in [-0.4, -0.2) is 40.7 Å². The Hall–Kier alpha value is -4.41. The first kappa shape index (κ1) is 32.0. The zero-order valence-corrected chi connectivity index (χ0v) is 27.1. The SMILES string of the molecule is CCCCCOc1ccc(C2C(C(=O)/C=C/c3ccccc3)=C(O)C(=O)N2c2nnc(SCc3ccc(C)cc3)s2)cc1OC. The van der Waals surface area contributed by atoms with Crippen LogP contribution in [0.1, 0.15) is 54.5 Å². The van der Waals surface area contributed by atoms with Gasteiger partial charge >= 0.3 is 0 Å². The number of anilines is 1. The Morgan fingerprint density at radius 2 is 1.82 bits per heavy atom. The molecule has 3 aromatic carbocycles.